The predicted molar refractivity (Wildman–Crippen MR) is 59.2 cm³/mol. The van der Waals surface area contributed by atoms with Crippen molar-refractivity contribution in [3.8, 4) is 0 Å². The molecule has 2 N–H and O–H groups in total. The quantitative estimate of drug-likeness (QED) is 0.742. The lowest BCUT2D eigenvalue weighted by Crippen LogP contribution is -2.54. The standard InChI is InChI=1S/C9H18N2O4S/c1-7-4-3-5-8(2)11(7)10-16(14,15)6-9(12)13/h7-8,10H,3-6H2,1-2H3,(H,12,13). The fourth-order valence-electron chi connectivity index (χ4n) is 1.96. The van der Waals surface area contributed by atoms with E-state index in [1.165, 1.54) is 0 Å². The van der Waals surface area contributed by atoms with E-state index in [2.05, 4.69) is 4.83 Å². The average Bonchev–Trinajstić information content (AvgIpc) is 2.09. The molecular formula is C9H18N2O4S. The molecule has 0 amide bonds. The van der Waals surface area contributed by atoms with E-state index in [9.17, 15) is 13.2 Å². The number of hydrazine groups is 1. The molecule has 7 heteroatoms. The van der Waals surface area contributed by atoms with Crippen LogP contribution in [0.3, 0.4) is 0 Å². The number of carboxylic acids is 1. The molecule has 1 saturated heterocycles. The molecular weight excluding hydrogens is 232 g/mol. The van der Waals surface area contributed by atoms with Crippen molar-refractivity contribution in [2.45, 2.75) is 45.2 Å². The number of hydrogen-bond donors (Lipinski definition) is 2. The smallest absolute Gasteiger partial charge is 0.320 e. The van der Waals surface area contributed by atoms with Gasteiger partial charge in [-0.05, 0) is 26.7 Å². The van der Waals surface area contributed by atoms with E-state index in [-0.39, 0.29) is 12.1 Å². The van der Waals surface area contributed by atoms with E-state index in [4.69, 9.17) is 5.11 Å². The van der Waals surface area contributed by atoms with Gasteiger partial charge in [-0.25, -0.2) is 13.4 Å². The fraction of sp³-hybridized carbons (Fsp3) is 0.889. The highest BCUT2D eigenvalue weighted by Crippen LogP contribution is 2.20. The van der Waals surface area contributed by atoms with E-state index >= 15 is 0 Å². The zero-order valence-corrected chi connectivity index (χ0v) is 10.3. The number of sulfonamides is 1. The van der Waals surface area contributed by atoms with Crippen molar-refractivity contribution in [2.75, 3.05) is 5.75 Å². The van der Waals surface area contributed by atoms with Crippen LogP contribution in [0.1, 0.15) is 33.1 Å². The number of hydrogen-bond acceptors (Lipinski definition) is 4. The predicted octanol–water partition coefficient (Wildman–Crippen LogP) is 0.168. The van der Waals surface area contributed by atoms with E-state index in [1.54, 1.807) is 5.01 Å². The SMILES string of the molecule is CC1CCCC(C)N1NS(=O)(=O)CC(=O)O. The molecule has 1 aliphatic heterocycles. The molecule has 16 heavy (non-hydrogen) atoms. The molecule has 1 aliphatic rings. The molecule has 1 fully saturated rings. The van der Waals surface area contributed by atoms with Crippen LogP contribution in [0.5, 0.6) is 0 Å². The molecule has 6 nitrogen and oxygen atoms in total. The van der Waals surface area contributed by atoms with Crippen LogP contribution in [0.25, 0.3) is 0 Å². The van der Waals surface area contributed by atoms with Gasteiger partial charge in [-0.15, -0.1) is 4.83 Å². The molecule has 94 valence electrons. The molecule has 2 atom stereocenters. The highest BCUT2D eigenvalue weighted by atomic mass is 32.2. The second kappa shape index (κ2) is 5.11. The molecule has 1 heterocycles. The van der Waals surface area contributed by atoms with Crippen molar-refractivity contribution < 1.29 is 18.3 Å². The topological polar surface area (TPSA) is 86.7 Å². The van der Waals surface area contributed by atoms with Crippen molar-refractivity contribution in [3.63, 3.8) is 0 Å². The lowest BCUT2D eigenvalue weighted by Gasteiger charge is -2.38. The highest BCUT2D eigenvalue weighted by Gasteiger charge is 2.29. The van der Waals surface area contributed by atoms with E-state index in [1.807, 2.05) is 13.8 Å². The van der Waals surface area contributed by atoms with Gasteiger partial charge < -0.3 is 5.11 Å². The third-order valence-electron chi connectivity index (χ3n) is 2.75. The van der Waals surface area contributed by atoms with Gasteiger partial charge in [0.1, 0.15) is 0 Å². The molecule has 0 spiro atoms. The minimum absolute atomic E-state index is 0.104. The van der Waals surface area contributed by atoms with Crippen LogP contribution in [0.15, 0.2) is 0 Å². The van der Waals surface area contributed by atoms with Gasteiger partial charge in [-0.3, -0.25) is 4.79 Å². The maximum Gasteiger partial charge on any atom is 0.320 e. The third kappa shape index (κ3) is 3.73. The summed E-state index contributed by atoms with van der Waals surface area (Å²) in [5.74, 6) is -2.23. The van der Waals surface area contributed by atoms with Crippen LogP contribution >= 0.6 is 0 Å². The third-order valence-corrected chi connectivity index (χ3v) is 3.87. The Hall–Kier alpha value is -0.660. The number of piperidine rings is 1. The van der Waals surface area contributed by atoms with Gasteiger partial charge in [0.25, 0.3) is 0 Å². The number of aliphatic carboxylic acids is 1. The summed E-state index contributed by atoms with van der Waals surface area (Å²) in [7, 11) is -3.77. The van der Waals surface area contributed by atoms with E-state index in [0.29, 0.717) is 0 Å². The molecule has 1 rings (SSSR count). The molecule has 2 unspecified atom stereocenters. The number of carbonyl (C=O) groups is 1. The largest absolute Gasteiger partial charge is 0.480 e. The van der Waals surface area contributed by atoms with Crippen LogP contribution in [0, 0.1) is 0 Å². The molecule has 0 saturated carbocycles. The van der Waals surface area contributed by atoms with Crippen molar-refractivity contribution >= 4 is 16.0 Å². The molecule has 0 aromatic heterocycles. The Morgan fingerprint density at radius 3 is 2.31 bits per heavy atom. The van der Waals surface area contributed by atoms with Crippen molar-refractivity contribution in [2.24, 2.45) is 0 Å². The number of rotatable bonds is 4. The normalized spacial score (nSPS) is 27.9. The van der Waals surface area contributed by atoms with Crippen molar-refractivity contribution in [1.29, 1.82) is 0 Å². The summed E-state index contributed by atoms with van der Waals surface area (Å²) >= 11 is 0. The van der Waals surface area contributed by atoms with E-state index in [0.717, 1.165) is 19.3 Å². The molecule has 0 aliphatic carbocycles. The molecule has 0 bridgehead atoms. The Bertz CT molecular complexity index is 345. The van der Waals surface area contributed by atoms with Gasteiger partial charge in [0.2, 0.25) is 10.0 Å². The van der Waals surface area contributed by atoms with Crippen LogP contribution in [0.4, 0.5) is 0 Å². The zero-order chi connectivity index (χ0) is 12.3. The summed E-state index contributed by atoms with van der Waals surface area (Å²) in [5, 5.41) is 10.1. The van der Waals surface area contributed by atoms with E-state index < -0.39 is 21.7 Å². The van der Waals surface area contributed by atoms with Gasteiger partial charge in [0.15, 0.2) is 5.75 Å². The summed E-state index contributed by atoms with van der Waals surface area (Å²) in [6, 6.07) is 0.208. The first-order valence-corrected chi connectivity index (χ1v) is 6.97. The van der Waals surface area contributed by atoms with Crippen LogP contribution in [0.2, 0.25) is 0 Å². The Labute approximate surface area is 95.6 Å². The fourth-order valence-corrected chi connectivity index (χ4v) is 3.03. The summed E-state index contributed by atoms with van der Waals surface area (Å²) in [6.45, 7) is 3.86. The molecule has 0 radical (unpaired) electrons. The lowest BCUT2D eigenvalue weighted by atomic mass is 10.0. The summed E-state index contributed by atoms with van der Waals surface area (Å²) < 4.78 is 22.9. The van der Waals surface area contributed by atoms with Crippen LogP contribution < -0.4 is 4.83 Å². The lowest BCUT2D eigenvalue weighted by molar-refractivity contribution is -0.134. The first kappa shape index (κ1) is 13.4. The second-order valence-corrected chi connectivity index (χ2v) is 5.98. The minimum Gasteiger partial charge on any atom is -0.480 e. The maximum absolute atomic E-state index is 11.5. The Kier molecular flexibility index (Phi) is 4.28. The van der Waals surface area contributed by atoms with Gasteiger partial charge in [-0.2, -0.15) is 0 Å². The Balaban J connectivity index is 2.67. The van der Waals surface area contributed by atoms with Gasteiger partial charge >= 0.3 is 5.97 Å². The summed E-state index contributed by atoms with van der Waals surface area (Å²) in [6.07, 6.45) is 2.90. The first-order valence-electron chi connectivity index (χ1n) is 5.32. The molecule has 0 aromatic rings. The Morgan fingerprint density at radius 1 is 1.38 bits per heavy atom. The zero-order valence-electron chi connectivity index (χ0n) is 9.51. The highest BCUT2D eigenvalue weighted by molar-refractivity contribution is 7.90. The number of nitrogens with zero attached hydrogens (tertiary/aromatic N) is 1. The van der Waals surface area contributed by atoms with Crippen molar-refractivity contribution in [3.05, 3.63) is 0 Å². The number of nitrogens with one attached hydrogen (secondary N) is 1. The summed E-state index contributed by atoms with van der Waals surface area (Å²) in [5.41, 5.74) is 0. The number of carboxylic acid groups (broad SMARTS) is 1. The molecule has 0 aromatic carbocycles. The van der Waals surface area contributed by atoms with Crippen LogP contribution in [-0.2, 0) is 14.8 Å². The Morgan fingerprint density at radius 2 is 1.88 bits per heavy atom. The van der Waals surface area contributed by atoms with Gasteiger partial charge in [-0.1, -0.05) is 6.42 Å². The minimum atomic E-state index is -3.77. The van der Waals surface area contributed by atoms with Crippen LogP contribution in [-0.4, -0.2) is 42.3 Å². The van der Waals surface area contributed by atoms with Crippen molar-refractivity contribution in [1.82, 2.24) is 9.84 Å². The average molecular weight is 250 g/mol. The summed E-state index contributed by atoms with van der Waals surface area (Å²) in [4.78, 5) is 12.7. The second-order valence-electron chi connectivity index (χ2n) is 4.28. The monoisotopic (exact) mass is 250 g/mol. The van der Waals surface area contributed by atoms with Gasteiger partial charge in [0, 0.05) is 12.1 Å². The first-order chi connectivity index (χ1) is 7.32. The maximum atomic E-state index is 11.5. The van der Waals surface area contributed by atoms with Gasteiger partial charge in [0.05, 0.1) is 0 Å².